The van der Waals surface area contributed by atoms with Crippen LogP contribution < -0.4 is 4.74 Å². The summed E-state index contributed by atoms with van der Waals surface area (Å²) < 4.78 is 7.72. The summed E-state index contributed by atoms with van der Waals surface area (Å²) in [5.74, 6) is 1.11. The van der Waals surface area contributed by atoms with E-state index in [4.69, 9.17) is 10.00 Å². The van der Waals surface area contributed by atoms with Crippen molar-refractivity contribution in [2.24, 2.45) is 5.92 Å². The summed E-state index contributed by atoms with van der Waals surface area (Å²) in [5, 5.41) is 13.1. The van der Waals surface area contributed by atoms with Crippen molar-refractivity contribution in [1.29, 1.82) is 5.26 Å². The zero-order valence-corrected chi connectivity index (χ0v) is 13.1. The summed E-state index contributed by atoms with van der Waals surface area (Å²) in [5.41, 5.74) is 0.587. The minimum atomic E-state index is 0.546. The molecule has 1 aliphatic rings. The molecular formula is C17H21N5O. The Morgan fingerprint density at radius 3 is 2.87 bits per heavy atom. The van der Waals surface area contributed by atoms with Crippen LogP contribution in [0.25, 0.3) is 0 Å². The lowest BCUT2D eigenvalue weighted by Crippen LogP contribution is -2.37. The molecule has 0 bridgehead atoms. The molecule has 2 aromatic heterocycles. The molecule has 0 saturated carbocycles. The van der Waals surface area contributed by atoms with E-state index in [-0.39, 0.29) is 0 Å². The fourth-order valence-electron chi connectivity index (χ4n) is 2.81. The maximum absolute atomic E-state index is 8.88. The SMILES string of the molecule is N#Cc1ccnc(OCC2CCN(CCn3cccn3)CC2)c1. The van der Waals surface area contributed by atoms with Gasteiger partial charge in [0, 0.05) is 31.2 Å². The van der Waals surface area contributed by atoms with E-state index in [0.717, 1.165) is 39.0 Å². The van der Waals surface area contributed by atoms with Gasteiger partial charge in [-0.3, -0.25) is 4.68 Å². The Balaban J connectivity index is 1.38. The van der Waals surface area contributed by atoms with Crippen LogP contribution in [-0.4, -0.2) is 45.9 Å². The monoisotopic (exact) mass is 311 g/mol. The van der Waals surface area contributed by atoms with Crippen LogP contribution in [0, 0.1) is 17.2 Å². The second-order valence-corrected chi connectivity index (χ2v) is 5.86. The van der Waals surface area contributed by atoms with Crippen molar-refractivity contribution < 1.29 is 4.74 Å². The smallest absolute Gasteiger partial charge is 0.214 e. The first-order chi connectivity index (χ1) is 11.3. The lowest BCUT2D eigenvalue weighted by atomic mass is 9.98. The average molecular weight is 311 g/mol. The third kappa shape index (κ3) is 4.54. The Hall–Kier alpha value is -2.39. The standard InChI is InChI=1S/C17H21N5O/c18-13-16-2-6-19-17(12-16)23-14-15-3-8-21(9-4-15)10-11-22-7-1-5-20-22/h1-2,5-7,12,15H,3-4,8-11,14H2. The molecule has 2 aromatic rings. The molecule has 6 heteroatoms. The van der Waals surface area contributed by atoms with Crippen molar-refractivity contribution in [2.45, 2.75) is 19.4 Å². The molecular weight excluding hydrogens is 290 g/mol. The molecule has 0 N–H and O–H groups in total. The molecule has 120 valence electrons. The fraction of sp³-hybridized carbons (Fsp3) is 0.471. The molecule has 1 fully saturated rings. The minimum absolute atomic E-state index is 0.546. The Labute approximate surface area is 136 Å². The van der Waals surface area contributed by atoms with Gasteiger partial charge in [-0.2, -0.15) is 10.4 Å². The highest BCUT2D eigenvalue weighted by Crippen LogP contribution is 2.19. The molecule has 3 heterocycles. The third-order valence-corrected chi connectivity index (χ3v) is 4.24. The van der Waals surface area contributed by atoms with Crippen molar-refractivity contribution in [3.05, 3.63) is 42.4 Å². The topological polar surface area (TPSA) is 67.0 Å². The molecule has 0 spiro atoms. The second kappa shape index (κ2) is 7.75. The van der Waals surface area contributed by atoms with Gasteiger partial charge in [0.25, 0.3) is 0 Å². The first-order valence-corrected chi connectivity index (χ1v) is 8.02. The van der Waals surface area contributed by atoms with E-state index >= 15 is 0 Å². The van der Waals surface area contributed by atoms with E-state index in [9.17, 15) is 0 Å². The van der Waals surface area contributed by atoms with Crippen LogP contribution in [0.2, 0.25) is 0 Å². The normalized spacial score (nSPS) is 16.1. The molecule has 0 radical (unpaired) electrons. The van der Waals surface area contributed by atoms with Gasteiger partial charge >= 0.3 is 0 Å². The number of aromatic nitrogens is 3. The van der Waals surface area contributed by atoms with Crippen LogP contribution in [0.3, 0.4) is 0 Å². The molecule has 3 rings (SSSR count). The predicted octanol–water partition coefficient (Wildman–Crippen LogP) is 1.94. The van der Waals surface area contributed by atoms with Crippen LogP contribution in [0.1, 0.15) is 18.4 Å². The summed E-state index contributed by atoms with van der Waals surface area (Å²) in [6, 6.07) is 7.44. The van der Waals surface area contributed by atoms with Gasteiger partial charge < -0.3 is 9.64 Å². The third-order valence-electron chi connectivity index (χ3n) is 4.24. The Kier molecular flexibility index (Phi) is 5.22. The Morgan fingerprint density at radius 1 is 1.26 bits per heavy atom. The summed E-state index contributed by atoms with van der Waals surface area (Å²) in [6.07, 6.45) is 7.71. The van der Waals surface area contributed by atoms with E-state index in [1.807, 2.05) is 23.1 Å². The summed E-state index contributed by atoms with van der Waals surface area (Å²) >= 11 is 0. The molecule has 0 aromatic carbocycles. The van der Waals surface area contributed by atoms with E-state index in [2.05, 4.69) is 21.1 Å². The molecule has 1 saturated heterocycles. The second-order valence-electron chi connectivity index (χ2n) is 5.86. The quantitative estimate of drug-likeness (QED) is 0.815. The van der Waals surface area contributed by atoms with Gasteiger partial charge in [-0.25, -0.2) is 4.98 Å². The van der Waals surface area contributed by atoms with E-state index in [1.54, 1.807) is 18.3 Å². The zero-order chi connectivity index (χ0) is 15.9. The molecule has 1 aliphatic heterocycles. The molecule has 0 amide bonds. The van der Waals surface area contributed by atoms with Gasteiger partial charge in [0.15, 0.2) is 0 Å². The number of pyridine rings is 1. The average Bonchev–Trinajstić information content (AvgIpc) is 3.13. The fourth-order valence-corrected chi connectivity index (χ4v) is 2.81. The summed E-state index contributed by atoms with van der Waals surface area (Å²) in [7, 11) is 0. The van der Waals surface area contributed by atoms with Crippen molar-refractivity contribution in [2.75, 3.05) is 26.2 Å². The highest BCUT2D eigenvalue weighted by Gasteiger charge is 2.19. The van der Waals surface area contributed by atoms with Gasteiger partial charge in [0.2, 0.25) is 5.88 Å². The first kappa shape index (κ1) is 15.5. The van der Waals surface area contributed by atoms with Crippen LogP contribution >= 0.6 is 0 Å². The van der Waals surface area contributed by atoms with Crippen LogP contribution in [0.5, 0.6) is 5.88 Å². The molecule has 23 heavy (non-hydrogen) atoms. The number of rotatable bonds is 6. The Bertz CT molecular complexity index is 641. The molecule has 0 atom stereocenters. The van der Waals surface area contributed by atoms with Gasteiger partial charge in [-0.05, 0) is 44.0 Å². The van der Waals surface area contributed by atoms with Crippen molar-refractivity contribution in [1.82, 2.24) is 19.7 Å². The van der Waals surface area contributed by atoms with Crippen molar-refractivity contribution in [3.63, 3.8) is 0 Å². The summed E-state index contributed by atoms with van der Waals surface area (Å²) in [6.45, 7) is 4.86. The molecule has 0 unspecified atom stereocenters. The highest BCUT2D eigenvalue weighted by atomic mass is 16.5. The van der Waals surface area contributed by atoms with Crippen molar-refractivity contribution >= 4 is 0 Å². The van der Waals surface area contributed by atoms with Gasteiger partial charge in [0.05, 0.1) is 24.8 Å². The number of piperidine rings is 1. The number of hydrogen-bond donors (Lipinski definition) is 0. The van der Waals surface area contributed by atoms with Crippen LogP contribution in [0.15, 0.2) is 36.8 Å². The number of nitriles is 1. The van der Waals surface area contributed by atoms with Crippen molar-refractivity contribution in [3.8, 4) is 11.9 Å². The first-order valence-electron chi connectivity index (χ1n) is 8.02. The largest absolute Gasteiger partial charge is 0.477 e. The van der Waals surface area contributed by atoms with Gasteiger partial charge in [-0.1, -0.05) is 0 Å². The van der Waals surface area contributed by atoms with E-state index < -0.39 is 0 Å². The Morgan fingerprint density at radius 2 is 2.13 bits per heavy atom. The van der Waals surface area contributed by atoms with E-state index in [0.29, 0.717) is 24.0 Å². The number of ether oxygens (including phenoxy) is 1. The lowest BCUT2D eigenvalue weighted by Gasteiger charge is -2.31. The van der Waals surface area contributed by atoms with Gasteiger partial charge in [0.1, 0.15) is 0 Å². The number of hydrogen-bond acceptors (Lipinski definition) is 5. The zero-order valence-electron chi connectivity index (χ0n) is 13.1. The predicted molar refractivity (Wildman–Crippen MR) is 85.8 cm³/mol. The maximum atomic E-state index is 8.88. The maximum Gasteiger partial charge on any atom is 0.214 e. The van der Waals surface area contributed by atoms with Crippen LogP contribution in [0.4, 0.5) is 0 Å². The molecule has 6 nitrogen and oxygen atoms in total. The number of nitrogens with zero attached hydrogens (tertiary/aromatic N) is 5. The number of likely N-dealkylation sites (tertiary alicyclic amines) is 1. The minimum Gasteiger partial charge on any atom is -0.477 e. The molecule has 0 aliphatic carbocycles. The van der Waals surface area contributed by atoms with Gasteiger partial charge in [-0.15, -0.1) is 0 Å². The summed E-state index contributed by atoms with van der Waals surface area (Å²) in [4.78, 5) is 6.63. The lowest BCUT2D eigenvalue weighted by molar-refractivity contribution is 0.135. The highest BCUT2D eigenvalue weighted by molar-refractivity contribution is 5.31. The van der Waals surface area contributed by atoms with Crippen LogP contribution in [-0.2, 0) is 6.54 Å². The van der Waals surface area contributed by atoms with E-state index in [1.165, 1.54) is 0 Å².